The monoisotopic (exact) mass is 507 g/mol. The van der Waals surface area contributed by atoms with Gasteiger partial charge in [0, 0.05) is 14.1 Å². The lowest BCUT2D eigenvalue weighted by Gasteiger charge is -2.37. The van der Waals surface area contributed by atoms with Crippen LogP contribution in [0, 0.1) is 0 Å². The van der Waals surface area contributed by atoms with E-state index in [1.807, 2.05) is 30.3 Å². The van der Waals surface area contributed by atoms with Gasteiger partial charge in [0.25, 0.3) is 0 Å². The Morgan fingerprint density at radius 3 is 2.14 bits per heavy atom. The second-order valence-corrected chi connectivity index (χ2v) is 16.8. The minimum atomic E-state index is -1.30. The molecule has 0 radical (unpaired) electrons. The van der Waals surface area contributed by atoms with Gasteiger partial charge in [-0.2, -0.15) is 0 Å². The molecule has 0 spiro atoms. The standard InChI is InChI=1S/C25H41N3O6Si/c1-25(2,3)34-24(31)28-21-16-19(26-22(29)32-14-15-35(4,5)6)12-13-20(21)27-23(30)33-17-18-10-8-7-9-11-18/h7-11,19-21H,12-17H2,1-6H3,(H,26,29)(H,27,30)(H,28,31)/t19-,20-,21+/m0/s1. The van der Waals surface area contributed by atoms with Gasteiger partial charge in [-0.15, -0.1) is 0 Å². The van der Waals surface area contributed by atoms with Crippen LogP contribution in [0.1, 0.15) is 45.6 Å². The van der Waals surface area contributed by atoms with Crippen molar-refractivity contribution in [3.63, 3.8) is 0 Å². The fourth-order valence-electron chi connectivity index (χ4n) is 3.67. The number of hydrogen-bond donors (Lipinski definition) is 3. The first-order valence-electron chi connectivity index (χ1n) is 12.2. The Morgan fingerprint density at radius 2 is 1.51 bits per heavy atom. The van der Waals surface area contributed by atoms with Crippen LogP contribution in [0.25, 0.3) is 0 Å². The van der Waals surface area contributed by atoms with Crippen LogP contribution in [0.3, 0.4) is 0 Å². The highest BCUT2D eigenvalue weighted by Crippen LogP contribution is 2.21. The Morgan fingerprint density at radius 1 is 0.886 bits per heavy atom. The van der Waals surface area contributed by atoms with Crippen LogP contribution in [0.2, 0.25) is 25.7 Å². The third-order valence-corrected chi connectivity index (χ3v) is 7.18. The summed E-state index contributed by atoms with van der Waals surface area (Å²) in [7, 11) is -1.30. The molecule has 0 aliphatic heterocycles. The average molecular weight is 508 g/mol. The molecular weight excluding hydrogens is 466 g/mol. The number of alkyl carbamates (subject to hydrolysis) is 3. The first-order chi connectivity index (χ1) is 16.3. The topological polar surface area (TPSA) is 115 Å². The summed E-state index contributed by atoms with van der Waals surface area (Å²) in [6.45, 7) is 12.6. The molecule has 0 aromatic heterocycles. The van der Waals surface area contributed by atoms with Crippen LogP contribution in [0.5, 0.6) is 0 Å². The molecule has 1 aromatic rings. The average Bonchev–Trinajstić information content (AvgIpc) is 2.72. The lowest BCUT2D eigenvalue weighted by Crippen LogP contribution is -2.58. The van der Waals surface area contributed by atoms with Gasteiger partial charge in [-0.1, -0.05) is 50.0 Å². The molecular formula is C25H41N3O6Si. The summed E-state index contributed by atoms with van der Waals surface area (Å²) in [5.74, 6) is 0. The predicted octanol–water partition coefficient (Wildman–Crippen LogP) is 4.79. The van der Waals surface area contributed by atoms with Crippen LogP contribution < -0.4 is 16.0 Å². The first kappa shape index (κ1) is 28.5. The van der Waals surface area contributed by atoms with Crippen molar-refractivity contribution < 1.29 is 28.6 Å². The Kier molecular flexibility index (Phi) is 10.4. The van der Waals surface area contributed by atoms with Crippen LogP contribution in [-0.2, 0) is 20.8 Å². The van der Waals surface area contributed by atoms with Gasteiger partial charge in [0.15, 0.2) is 0 Å². The molecule has 1 fully saturated rings. The lowest BCUT2D eigenvalue weighted by molar-refractivity contribution is 0.0468. The molecule has 0 bridgehead atoms. The highest BCUT2D eigenvalue weighted by molar-refractivity contribution is 6.76. The Hall–Kier alpha value is -2.75. The predicted molar refractivity (Wildman–Crippen MR) is 137 cm³/mol. The van der Waals surface area contributed by atoms with E-state index in [9.17, 15) is 14.4 Å². The molecule has 10 heteroatoms. The molecule has 0 saturated heterocycles. The van der Waals surface area contributed by atoms with Crippen LogP contribution in [-0.4, -0.2) is 56.7 Å². The van der Waals surface area contributed by atoms with E-state index < -0.39 is 38.0 Å². The van der Waals surface area contributed by atoms with Crippen molar-refractivity contribution in [2.45, 2.75) is 96.1 Å². The molecule has 0 unspecified atom stereocenters. The van der Waals surface area contributed by atoms with E-state index in [4.69, 9.17) is 14.2 Å². The number of nitrogens with one attached hydrogen (secondary N) is 3. The number of rotatable bonds is 8. The van der Waals surface area contributed by atoms with Crippen LogP contribution in [0.4, 0.5) is 14.4 Å². The zero-order valence-electron chi connectivity index (χ0n) is 21.8. The number of carbonyl (C=O) groups excluding carboxylic acids is 3. The van der Waals surface area contributed by atoms with Crippen molar-refractivity contribution in [2.24, 2.45) is 0 Å². The largest absolute Gasteiger partial charge is 0.450 e. The van der Waals surface area contributed by atoms with Crippen LogP contribution >= 0.6 is 0 Å². The summed E-state index contributed by atoms with van der Waals surface area (Å²) >= 11 is 0. The molecule has 3 amide bonds. The van der Waals surface area contributed by atoms with E-state index in [1.165, 1.54) is 0 Å². The molecule has 1 aliphatic rings. The van der Waals surface area contributed by atoms with E-state index in [1.54, 1.807) is 20.8 Å². The summed E-state index contributed by atoms with van der Waals surface area (Å²) in [5.41, 5.74) is 0.223. The van der Waals surface area contributed by atoms with E-state index in [0.717, 1.165) is 11.6 Å². The van der Waals surface area contributed by atoms with Crippen molar-refractivity contribution >= 4 is 26.4 Å². The van der Waals surface area contributed by atoms with Crippen molar-refractivity contribution in [1.82, 2.24) is 16.0 Å². The van der Waals surface area contributed by atoms with Gasteiger partial charge >= 0.3 is 18.3 Å². The van der Waals surface area contributed by atoms with Gasteiger partial charge < -0.3 is 30.2 Å². The molecule has 9 nitrogen and oxygen atoms in total. The zero-order valence-corrected chi connectivity index (χ0v) is 22.8. The van der Waals surface area contributed by atoms with Crippen molar-refractivity contribution in [3.8, 4) is 0 Å². The third-order valence-electron chi connectivity index (χ3n) is 5.48. The lowest BCUT2D eigenvalue weighted by atomic mass is 9.86. The molecule has 3 atom stereocenters. The van der Waals surface area contributed by atoms with E-state index >= 15 is 0 Å². The third kappa shape index (κ3) is 12.0. The van der Waals surface area contributed by atoms with Gasteiger partial charge in [-0.25, -0.2) is 14.4 Å². The summed E-state index contributed by atoms with van der Waals surface area (Å²) in [6.07, 6.45) is -0.0123. The molecule has 196 valence electrons. The zero-order chi connectivity index (χ0) is 26.1. The Balaban J connectivity index is 1.93. The molecule has 1 aliphatic carbocycles. The summed E-state index contributed by atoms with van der Waals surface area (Å²) in [5, 5.41) is 8.61. The minimum absolute atomic E-state index is 0.150. The highest BCUT2D eigenvalue weighted by atomic mass is 28.3. The van der Waals surface area contributed by atoms with E-state index in [0.29, 0.717) is 25.9 Å². The SMILES string of the molecule is CC(C)(C)OC(=O)N[C@@H]1C[C@@H](NC(=O)OCC[Si](C)(C)C)CC[C@@H]1NC(=O)OCc1ccccc1. The summed E-state index contributed by atoms with van der Waals surface area (Å²) in [4.78, 5) is 37.2. The number of benzene rings is 1. The number of ether oxygens (including phenoxy) is 3. The Labute approximate surface area is 209 Å². The fraction of sp³-hybridized carbons (Fsp3) is 0.640. The molecule has 3 N–H and O–H groups in total. The second-order valence-electron chi connectivity index (χ2n) is 11.2. The highest BCUT2D eigenvalue weighted by Gasteiger charge is 2.35. The number of amides is 3. The van der Waals surface area contributed by atoms with Crippen LogP contribution in [0.15, 0.2) is 30.3 Å². The molecule has 1 aromatic carbocycles. The normalized spacial score (nSPS) is 20.3. The van der Waals surface area contributed by atoms with Gasteiger partial charge in [0.2, 0.25) is 0 Å². The first-order valence-corrected chi connectivity index (χ1v) is 15.9. The van der Waals surface area contributed by atoms with Gasteiger partial charge in [-0.05, 0) is 51.6 Å². The van der Waals surface area contributed by atoms with Crippen molar-refractivity contribution in [3.05, 3.63) is 35.9 Å². The maximum atomic E-state index is 12.4. The smallest absolute Gasteiger partial charge is 0.407 e. The molecule has 0 heterocycles. The van der Waals surface area contributed by atoms with Crippen molar-refractivity contribution in [1.29, 1.82) is 0 Å². The molecule has 2 rings (SSSR count). The summed E-state index contributed by atoms with van der Waals surface area (Å²) in [6, 6.07) is 9.27. The number of carbonyl (C=O) groups is 3. The maximum Gasteiger partial charge on any atom is 0.407 e. The second kappa shape index (κ2) is 12.8. The Bertz CT molecular complexity index is 838. The fourth-order valence-corrected chi connectivity index (χ4v) is 4.38. The van der Waals surface area contributed by atoms with Gasteiger partial charge in [0.1, 0.15) is 12.2 Å². The van der Waals surface area contributed by atoms with Crippen molar-refractivity contribution in [2.75, 3.05) is 6.61 Å². The quantitative estimate of drug-likeness (QED) is 0.344. The van der Waals surface area contributed by atoms with Gasteiger partial charge in [-0.3, -0.25) is 0 Å². The summed E-state index contributed by atoms with van der Waals surface area (Å²) < 4.78 is 16.1. The molecule has 35 heavy (non-hydrogen) atoms. The minimum Gasteiger partial charge on any atom is -0.450 e. The van der Waals surface area contributed by atoms with Gasteiger partial charge in [0.05, 0.1) is 18.7 Å². The molecule has 1 saturated carbocycles. The van der Waals surface area contributed by atoms with E-state index in [2.05, 4.69) is 35.6 Å². The van der Waals surface area contributed by atoms with E-state index in [-0.39, 0.29) is 18.7 Å². The maximum absolute atomic E-state index is 12.4. The number of hydrogen-bond acceptors (Lipinski definition) is 6.